The van der Waals surface area contributed by atoms with Crippen LogP contribution in [-0.2, 0) is 10.0 Å². The summed E-state index contributed by atoms with van der Waals surface area (Å²) in [6, 6.07) is 15.2. The summed E-state index contributed by atoms with van der Waals surface area (Å²) < 4.78 is 28.1. The van der Waals surface area contributed by atoms with Crippen LogP contribution in [0.15, 0.2) is 71.6 Å². The number of aromatic carboxylic acids is 2. The second kappa shape index (κ2) is 8.90. The van der Waals surface area contributed by atoms with Gasteiger partial charge in [-0.05, 0) is 55.0 Å². The van der Waals surface area contributed by atoms with Crippen molar-refractivity contribution in [2.45, 2.75) is 11.8 Å². The third-order valence-electron chi connectivity index (χ3n) is 4.51. The van der Waals surface area contributed by atoms with E-state index in [1.54, 1.807) is 13.0 Å². The predicted octanol–water partition coefficient (Wildman–Crippen LogP) is 3.44. The molecule has 0 heterocycles. The van der Waals surface area contributed by atoms with Gasteiger partial charge in [0, 0.05) is 11.3 Å². The first-order valence-electron chi connectivity index (χ1n) is 9.19. The van der Waals surface area contributed by atoms with Crippen molar-refractivity contribution in [1.82, 2.24) is 0 Å². The first-order valence-corrected chi connectivity index (χ1v) is 10.7. The van der Waals surface area contributed by atoms with Crippen LogP contribution in [-0.4, -0.2) is 36.5 Å². The predicted molar refractivity (Wildman–Crippen MR) is 117 cm³/mol. The maximum atomic E-state index is 12.9. The summed E-state index contributed by atoms with van der Waals surface area (Å²) in [5.41, 5.74) is 0.269. The van der Waals surface area contributed by atoms with Crippen LogP contribution in [0.1, 0.15) is 36.6 Å². The molecule has 32 heavy (non-hydrogen) atoms. The molecule has 1 amide bonds. The lowest BCUT2D eigenvalue weighted by Crippen LogP contribution is -2.18. The zero-order valence-electron chi connectivity index (χ0n) is 16.7. The highest BCUT2D eigenvalue weighted by atomic mass is 32.2. The molecule has 3 aromatic carbocycles. The quantitative estimate of drug-likeness (QED) is 0.427. The van der Waals surface area contributed by atoms with Gasteiger partial charge < -0.3 is 15.5 Å². The van der Waals surface area contributed by atoms with Crippen LogP contribution in [0.3, 0.4) is 0 Å². The second-order valence-corrected chi connectivity index (χ2v) is 8.43. The molecule has 164 valence electrons. The maximum Gasteiger partial charge on any atom is 0.337 e. The Morgan fingerprint density at radius 2 is 1.53 bits per heavy atom. The van der Waals surface area contributed by atoms with Gasteiger partial charge in [0.1, 0.15) is 0 Å². The number of carboxylic acid groups (broad SMARTS) is 2. The lowest BCUT2D eigenvalue weighted by Gasteiger charge is -2.13. The molecule has 0 aliphatic heterocycles. The molecule has 0 fully saturated rings. The lowest BCUT2D eigenvalue weighted by molar-refractivity contribution is 0.0686. The van der Waals surface area contributed by atoms with Crippen molar-refractivity contribution in [3.63, 3.8) is 0 Å². The average molecular weight is 454 g/mol. The van der Waals surface area contributed by atoms with Crippen molar-refractivity contribution >= 4 is 39.2 Å². The SMILES string of the molecule is Cc1ccc(C(=O)Nc2ccccc2C(=O)O)cc1S(=O)(=O)Nc1cccc(C(=O)O)c1. The largest absolute Gasteiger partial charge is 0.478 e. The van der Waals surface area contributed by atoms with Crippen molar-refractivity contribution in [2.75, 3.05) is 10.0 Å². The van der Waals surface area contributed by atoms with E-state index >= 15 is 0 Å². The number of sulfonamides is 1. The third kappa shape index (κ3) is 4.93. The number of aryl methyl sites for hydroxylation is 1. The molecular weight excluding hydrogens is 436 g/mol. The molecule has 0 saturated heterocycles. The van der Waals surface area contributed by atoms with E-state index in [0.717, 1.165) is 6.07 Å². The molecule has 4 N–H and O–H groups in total. The summed E-state index contributed by atoms with van der Waals surface area (Å²) in [4.78, 5) is 34.9. The number of carbonyl (C=O) groups is 3. The number of nitrogens with one attached hydrogen (secondary N) is 2. The number of para-hydroxylation sites is 1. The topological polar surface area (TPSA) is 150 Å². The molecule has 0 aromatic heterocycles. The van der Waals surface area contributed by atoms with E-state index in [1.165, 1.54) is 54.6 Å². The Balaban J connectivity index is 1.91. The zero-order valence-corrected chi connectivity index (χ0v) is 17.5. The van der Waals surface area contributed by atoms with E-state index in [4.69, 9.17) is 5.11 Å². The summed E-state index contributed by atoms with van der Waals surface area (Å²) in [5, 5.41) is 20.8. The van der Waals surface area contributed by atoms with Gasteiger partial charge in [-0.2, -0.15) is 0 Å². The number of hydrogen-bond donors (Lipinski definition) is 4. The standard InChI is InChI=1S/C22H18N2O7S/c1-13-9-10-14(20(25)23-18-8-3-2-7-17(18)22(28)29)12-19(13)32(30,31)24-16-6-4-5-15(11-16)21(26)27/h2-12,24H,1H3,(H,23,25)(H,26,27)(H,28,29). The Hall–Kier alpha value is -4.18. The van der Waals surface area contributed by atoms with Gasteiger partial charge in [0.2, 0.25) is 0 Å². The molecule has 3 rings (SSSR count). The minimum atomic E-state index is -4.15. The minimum Gasteiger partial charge on any atom is -0.478 e. The number of carboxylic acids is 2. The van der Waals surface area contributed by atoms with Gasteiger partial charge >= 0.3 is 11.9 Å². The Kier molecular flexibility index (Phi) is 6.26. The number of anilines is 2. The zero-order chi connectivity index (χ0) is 23.5. The van der Waals surface area contributed by atoms with Crippen molar-refractivity contribution in [3.8, 4) is 0 Å². The van der Waals surface area contributed by atoms with E-state index in [0.29, 0.717) is 5.56 Å². The summed E-state index contributed by atoms with van der Waals surface area (Å²) >= 11 is 0. The normalized spacial score (nSPS) is 10.9. The van der Waals surface area contributed by atoms with E-state index in [2.05, 4.69) is 10.0 Å². The van der Waals surface area contributed by atoms with Crippen molar-refractivity contribution < 1.29 is 33.0 Å². The summed E-state index contributed by atoms with van der Waals surface area (Å²) in [7, 11) is -4.15. The molecule has 3 aromatic rings. The first kappa shape index (κ1) is 22.5. The van der Waals surface area contributed by atoms with E-state index in [9.17, 15) is 27.9 Å². The number of amides is 1. The van der Waals surface area contributed by atoms with Gasteiger partial charge in [0.05, 0.1) is 21.7 Å². The van der Waals surface area contributed by atoms with Crippen LogP contribution in [0.25, 0.3) is 0 Å². The fourth-order valence-corrected chi connectivity index (χ4v) is 4.25. The molecule has 9 nitrogen and oxygen atoms in total. The Labute approximate surface area is 183 Å². The van der Waals surface area contributed by atoms with Crippen LogP contribution in [0.4, 0.5) is 11.4 Å². The average Bonchev–Trinajstić information content (AvgIpc) is 2.74. The fourth-order valence-electron chi connectivity index (χ4n) is 2.93. The van der Waals surface area contributed by atoms with Gasteiger partial charge in [-0.3, -0.25) is 9.52 Å². The van der Waals surface area contributed by atoms with Crippen molar-refractivity contribution in [3.05, 3.63) is 89.0 Å². The van der Waals surface area contributed by atoms with E-state index in [1.807, 2.05) is 0 Å². The van der Waals surface area contributed by atoms with Gasteiger partial charge in [-0.1, -0.05) is 24.3 Å². The smallest absolute Gasteiger partial charge is 0.337 e. The molecular formula is C22H18N2O7S. The molecule has 10 heteroatoms. The highest BCUT2D eigenvalue weighted by Gasteiger charge is 2.21. The molecule has 0 bridgehead atoms. The molecule has 0 unspecified atom stereocenters. The van der Waals surface area contributed by atoms with Gasteiger partial charge in [-0.15, -0.1) is 0 Å². The Morgan fingerprint density at radius 1 is 0.812 bits per heavy atom. The molecule has 0 aliphatic rings. The summed E-state index contributed by atoms with van der Waals surface area (Å²) in [6.07, 6.45) is 0. The van der Waals surface area contributed by atoms with Crippen LogP contribution >= 0.6 is 0 Å². The lowest BCUT2D eigenvalue weighted by atomic mass is 10.1. The summed E-state index contributed by atoms with van der Waals surface area (Å²) in [5.74, 6) is -3.12. The van der Waals surface area contributed by atoms with E-state index < -0.39 is 27.9 Å². The minimum absolute atomic E-state index is 0.00421. The van der Waals surface area contributed by atoms with Crippen LogP contribution in [0.2, 0.25) is 0 Å². The molecule has 0 aliphatic carbocycles. The number of benzene rings is 3. The van der Waals surface area contributed by atoms with Crippen LogP contribution in [0, 0.1) is 6.92 Å². The highest BCUT2D eigenvalue weighted by Crippen LogP contribution is 2.23. The first-order chi connectivity index (χ1) is 15.1. The van der Waals surface area contributed by atoms with Gasteiger partial charge in [0.15, 0.2) is 0 Å². The number of hydrogen-bond acceptors (Lipinski definition) is 5. The van der Waals surface area contributed by atoms with E-state index in [-0.39, 0.29) is 33.0 Å². The molecule has 0 atom stereocenters. The monoisotopic (exact) mass is 454 g/mol. The third-order valence-corrected chi connectivity index (χ3v) is 6.03. The fraction of sp³-hybridized carbons (Fsp3) is 0.0455. The molecule has 0 spiro atoms. The molecule has 0 saturated carbocycles. The molecule has 0 radical (unpaired) electrons. The highest BCUT2D eigenvalue weighted by molar-refractivity contribution is 7.92. The Morgan fingerprint density at radius 3 is 2.22 bits per heavy atom. The van der Waals surface area contributed by atoms with Gasteiger partial charge in [-0.25, -0.2) is 18.0 Å². The number of rotatable bonds is 7. The van der Waals surface area contributed by atoms with Crippen LogP contribution in [0.5, 0.6) is 0 Å². The van der Waals surface area contributed by atoms with Gasteiger partial charge in [0.25, 0.3) is 15.9 Å². The number of carbonyl (C=O) groups excluding carboxylic acids is 1. The van der Waals surface area contributed by atoms with Crippen molar-refractivity contribution in [2.24, 2.45) is 0 Å². The van der Waals surface area contributed by atoms with Crippen molar-refractivity contribution in [1.29, 1.82) is 0 Å². The second-order valence-electron chi connectivity index (χ2n) is 6.78. The van der Waals surface area contributed by atoms with Crippen LogP contribution < -0.4 is 10.0 Å². The Bertz CT molecular complexity index is 1330. The summed E-state index contributed by atoms with van der Waals surface area (Å²) in [6.45, 7) is 1.55. The maximum absolute atomic E-state index is 12.9.